The molecule has 0 aliphatic heterocycles. The van der Waals surface area contributed by atoms with E-state index in [-0.39, 0.29) is 24.5 Å². The Bertz CT molecular complexity index is 632. The van der Waals surface area contributed by atoms with Crippen molar-refractivity contribution >= 4 is 5.78 Å². The summed E-state index contributed by atoms with van der Waals surface area (Å²) in [5, 5.41) is 19.5. The van der Waals surface area contributed by atoms with Crippen molar-refractivity contribution in [1.29, 1.82) is 0 Å². The van der Waals surface area contributed by atoms with Gasteiger partial charge in [-0.05, 0) is 111 Å². The number of aliphatic hydroxyl groups is 2. The first kappa shape index (κ1) is 22.8. The highest BCUT2D eigenvalue weighted by atomic mass is 16.3. The highest BCUT2D eigenvalue weighted by Gasteiger charge is 2.60. The molecule has 0 aromatic heterocycles. The normalized spacial score (nSPS) is 47.7. The van der Waals surface area contributed by atoms with Crippen LogP contribution in [0.4, 0.5) is 0 Å². The van der Waals surface area contributed by atoms with Crippen LogP contribution in [0.15, 0.2) is 0 Å². The highest BCUT2D eigenvalue weighted by Crippen LogP contribution is 2.68. The zero-order valence-electron chi connectivity index (χ0n) is 19.9. The molecule has 4 aliphatic carbocycles. The molecule has 2 N–H and O–H groups in total. The van der Waals surface area contributed by atoms with Gasteiger partial charge in [-0.2, -0.15) is 0 Å². The van der Waals surface area contributed by atoms with Gasteiger partial charge in [0.05, 0.1) is 6.10 Å². The van der Waals surface area contributed by atoms with E-state index < -0.39 is 0 Å². The lowest BCUT2D eigenvalue weighted by Gasteiger charge is -2.61. The van der Waals surface area contributed by atoms with Crippen LogP contribution >= 0.6 is 0 Å². The SMILES string of the molecule is CC(CO)CCC(=O)C(C)C1CCC2C3CCC4CC(O)CCC4(C)C3CCC12C. The van der Waals surface area contributed by atoms with Crippen molar-refractivity contribution in [2.75, 3.05) is 6.61 Å². The fraction of sp³-hybridized carbons (Fsp3) is 0.963. The third kappa shape index (κ3) is 3.70. The van der Waals surface area contributed by atoms with Crippen LogP contribution in [-0.2, 0) is 4.79 Å². The number of aliphatic hydroxyl groups excluding tert-OH is 2. The molecule has 172 valence electrons. The van der Waals surface area contributed by atoms with E-state index >= 15 is 0 Å². The summed E-state index contributed by atoms with van der Waals surface area (Å²) in [6.45, 7) is 9.52. The molecule has 0 radical (unpaired) electrons. The second kappa shape index (κ2) is 8.50. The average Bonchev–Trinajstić information content (AvgIpc) is 3.08. The van der Waals surface area contributed by atoms with Gasteiger partial charge in [0.1, 0.15) is 5.78 Å². The van der Waals surface area contributed by atoms with Crippen LogP contribution in [0.5, 0.6) is 0 Å². The minimum Gasteiger partial charge on any atom is -0.396 e. The van der Waals surface area contributed by atoms with Crippen LogP contribution in [0.2, 0.25) is 0 Å². The third-order valence-electron chi connectivity index (χ3n) is 11.0. The van der Waals surface area contributed by atoms with Gasteiger partial charge in [-0.25, -0.2) is 0 Å². The minimum atomic E-state index is -0.0650. The van der Waals surface area contributed by atoms with Gasteiger partial charge in [0, 0.05) is 18.9 Å². The van der Waals surface area contributed by atoms with Gasteiger partial charge in [-0.15, -0.1) is 0 Å². The van der Waals surface area contributed by atoms with Gasteiger partial charge in [-0.1, -0.05) is 27.7 Å². The quantitative estimate of drug-likeness (QED) is 0.588. The van der Waals surface area contributed by atoms with Crippen LogP contribution < -0.4 is 0 Å². The molecular formula is C27H46O3. The highest BCUT2D eigenvalue weighted by molar-refractivity contribution is 5.81. The summed E-state index contributed by atoms with van der Waals surface area (Å²) in [6.07, 6.45) is 12.5. The van der Waals surface area contributed by atoms with E-state index in [1.54, 1.807) is 0 Å². The number of fused-ring (bicyclic) bond motifs is 5. The Morgan fingerprint density at radius 2 is 1.67 bits per heavy atom. The van der Waals surface area contributed by atoms with Crippen LogP contribution in [0.3, 0.4) is 0 Å². The molecular weight excluding hydrogens is 372 g/mol. The smallest absolute Gasteiger partial charge is 0.136 e. The zero-order chi connectivity index (χ0) is 21.7. The molecule has 0 aromatic carbocycles. The molecule has 3 heteroatoms. The number of carbonyl (C=O) groups excluding carboxylic acids is 1. The lowest BCUT2D eigenvalue weighted by atomic mass is 9.44. The van der Waals surface area contributed by atoms with Crippen LogP contribution in [-0.4, -0.2) is 28.7 Å². The van der Waals surface area contributed by atoms with E-state index in [1.165, 1.54) is 44.9 Å². The number of Topliss-reactive ketones (excluding diaryl/α,β-unsaturated/α-hetero) is 1. The fourth-order valence-electron chi connectivity index (χ4n) is 9.03. The van der Waals surface area contributed by atoms with Gasteiger partial charge >= 0.3 is 0 Å². The van der Waals surface area contributed by atoms with Crippen LogP contribution in [0.1, 0.15) is 98.3 Å². The summed E-state index contributed by atoms with van der Waals surface area (Å²) in [5.41, 5.74) is 0.764. The summed E-state index contributed by atoms with van der Waals surface area (Å²) >= 11 is 0. The third-order valence-corrected chi connectivity index (χ3v) is 11.0. The van der Waals surface area contributed by atoms with Gasteiger partial charge in [0.2, 0.25) is 0 Å². The molecule has 4 rings (SSSR count). The van der Waals surface area contributed by atoms with Gasteiger partial charge in [-0.3, -0.25) is 4.79 Å². The average molecular weight is 419 g/mol. The van der Waals surface area contributed by atoms with E-state index in [9.17, 15) is 15.0 Å². The molecule has 4 saturated carbocycles. The first-order valence-electron chi connectivity index (χ1n) is 13.0. The molecule has 4 fully saturated rings. The second-order valence-electron chi connectivity index (χ2n) is 12.4. The lowest BCUT2D eigenvalue weighted by molar-refractivity contribution is -0.136. The fourth-order valence-corrected chi connectivity index (χ4v) is 9.03. The molecule has 10 unspecified atom stereocenters. The van der Waals surface area contributed by atoms with Crippen molar-refractivity contribution in [3.63, 3.8) is 0 Å². The Balaban J connectivity index is 1.47. The number of rotatable bonds is 6. The first-order valence-corrected chi connectivity index (χ1v) is 13.0. The molecule has 0 bridgehead atoms. The van der Waals surface area contributed by atoms with Crippen LogP contribution in [0.25, 0.3) is 0 Å². The summed E-state index contributed by atoms with van der Waals surface area (Å²) in [5.74, 6) is 4.54. The Morgan fingerprint density at radius 3 is 2.40 bits per heavy atom. The number of carbonyl (C=O) groups is 1. The van der Waals surface area contributed by atoms with Gasteiger partial charge in [0.25, 0.3) is 0 Å². The minimum absolute atomic E-state index is 0.0650. The maximum atomic E-state index is 13.0. The summed E-state index contributed by atoms with van der Waals surface area (Å²) in [6, 6.07) is 0. The molecule has 3 nitrogen and oxygen atoms in total. The van der Waals surface area contributed by atoms with Crippen molar-refractivity contribution in [3.05, 3.63) is 0 Å². The largest absolute Gasteiger partial charge is 0.396 e. The van der Waals surface area contributed by atoms with Crippen molar-refractivity contribution < 1.29 is 15.0 Å². The molecule has 0 aromatic rings. The topological polar surface area (TPSA) is 57.5 Å². The predicted octanol–water partition coefficient (Wildman–Crippen LogP) is 5.62. The van der Waals surface area contributed by atoms with Crippen molar-refractivity contribution in [3.8, 4) is 0 Å². The molecule has 0 saturated heterocycles. The second-order valence-corrected chi connectivity index (χ2v) is 12.4. The number of hydrogen-bond donors (Lipinski definition) is 2. The van der Waals surface area contributed by atoms with E-state index in [2.05, 4.69) is 20.8 Å². The molecule has 10 atom stereocenters. The van der Waals surface area contributed by atoms with Crippen molar-refractivity contribution in [1.82, 2.24) is 0 Å². The standard InChI is InChI=1S/C27H46O3/c1-17(16-28)5-10-25(30)18(2)22-8-9-23-21-7-6-19-15-20(29)11-13-26(19,3)24(21)12-14-27(22,23)4/h17-24,28-29H,5-16H2,1-4H3. The predicted molar refractivity (Wildman–Crippen MR) is 121 cm³/mol. The molecule has 0 spiro atoms. The van der Waals surface area contributed by atoms with Crippen LogP contribution in [0, 0.1) is 52.3 Å². The van der Waals surface area contributed by atoms with Gasteiger partial charge < -0.3 is 10.2 Å². The maximum Gasteiger partial charge on any atom is 0.136 e. The Morgan fingerprint density at radius 1 is 0.967 bits per heavy atom. The molecule has 30 heavy (non-hydrogen) atoms. The molecule has 0 amide bonds. The molecule has 0 heterocycles. The zero-order valence-corrected chi connectivity index (χ0v) is 19.9. The van der Waals surface area contributed by atoms with E-state index in [1.807, 2.05) is 6.92 Å². The lowest BCUT2D eigenvalue weighted by Crippen LogP contribution is -2.54. The Hall–Kier alpha value is -0.410. The van der Waals surface area contributed by atoms with Crippen molar-refractivity contribution in [2.24, 2.45) is 52.3 Å². The van der Waals surface area contributed by atoms with Gasteiger partial charge in [0.15, 0.2) is 0 Å². The number of hydrogen-bond acceptors (Lipinski definition) is 3. The Labute approximate surface area is 184 Å². The number of ketones is 1. The van der Waals surface area contributed by atoms with E-state index in [0.29, 0.717) is 29.0 Å². The van der Waals surface area contributed by atoms with E-state index in [4.69, 9.17) is 0 Å². The first-order chi connectivity index (χ1) is 14.2. The summed E-state index contributed by atoms with van der Waals surface area (Å²) < 4.78 is 0. The summed E-state index contributed by atoms with van der Waals surface area (Å²) in [7, 11) is 0. The van der Waals surface area contributed by atoms with E-state index in [0.717, 1.165) is 42.9 Å². The van der Waals surface area contributed by atoms with Crippen molar-refractivity contribution in [2.45, 2.75) is 104 Å². The molecule has 4 aliphatic rings. The Kier molecular flexibility index (Phi) is 6.45. The summed E-state index contributed by atoms with van der Waals surface area (Å²) in [4.78, 5) is 13.0. The monoisotopic (exact) mass is 418 g/mol. The maximum absolute atomic E-state index is 13.0.